The molecule has 3 aromatic heterocycles. The Labute approximate surface area is 180 Å². The minimum Gasteiger partial charge on any atom is -0.437 e. The highest BCUT2D eigenvalue weighted by atomic mass is 19.1. The van der Waals surface area contributed by atoms with Crippen LogP contribution >= 0.6 is 0 Å². The van der Waals surface area contributed by atoms with E-state index in [1.165, 1.54) is 5.56 Å². The monoisotopic (exact) mass is 419 g/mol. The third kappa shape index (κ3) is 3.93. The number of aryl methyl sites for hydroxylation is 2. The number of benzene rings is 1. The van der Waals surface area contributed by atoms with Crippen LogP contribution in [-0.2, 0) is 13.6 Å². The van der Waals surface area contributed by atoms with E-state index in [0.29, 0.717) is 11.7 Å². The van der Waals surface area contributed by atoms with Gasteiger partial charge in [-0.15, -0.1) is 0 Å². The lowest BCUT2D eigenvalue weighted by atomic mass is 9.89. The first-order chi connectivity index (χ1) is 15.1. The van der Waals surface area contributed by atoms with Crippen molar-refractivity contribution in [1.82, 2.24) is 24.6 Å². The third-order valence-corrected chi connectivity index (χ3v) is 6.22. The molecule has 0 bridgehead atoms. The minimum atomic E-state index is -0.202. The van der Waals surface area contributed by atoms with Crippen LogP contribution in [0.5, 0.6) is 11.6 Å². The quantitative estimate of drug-likeness (QED) is 0.499. The molecule has 6 nitrogen and oxygen atoms in total. The molecule has 0 spiro atoms. The molecular formula is C24H26FN5O. The second-order valence-corrected chi connectivity index (χ2v) is 8.27. The number of hydrogen-bond acceptors (Lipinski definition) is 4. The first kappa shape index (κ1) is 19.8. The van der Waals surface area contributed by atoms with Crippen LogP contribution in [0, 0.1) is 12.7 Å². The van der Waals surface area contributed by atoms with Crippen molar-refractivity contribution in [2.45, 2.75) is 32.2 Å². The van der Waals surface area contributed by atoms with Crippen molar-refractivity contribution in [1.29, 1.82) is 0 Å². The van der Waals surface area contributed by atoms with E-state index in [1.54, 1.807) is 29.2 Å². The second kappa shape index (κ2) is 8.15. The molecule has 1 N–H and O–H groups in total. The van der Waals surface area contributed by atoms with Crippen LogP contribution < -0.4 is 4.74 Å². The summed E-state index contributed by atoms with van der Waals surface area (Å²) in [5.41, 5.74) is 4.28. The van der Waals surface area contributed by atoms with Crippen molar-refractivity contribution in [2.75, 3.05) is 13.1 Å². The molecule has 1 fully saturated rings. The number of halogens is 1. The predicted molar refractivity (Wildman–Crippen MR) is 118 cm³/mol. The number of ether oxygens (including phenoxy) is 1. The lowest BCUT2D eigenvalue weighted by Crippen LogP contribution is -2.32. The van der Waals surface area contributed by atoms with Gasteiger partial charge in [0.05, 0.1) is 17.5 Å². The summed E-state index contributed by atoms with van der Waals surface area (Å²) in [4.78, 5) is 9.83. The molecular weight excluding hydrogens is 393 g/mol. The fraction of sp³-hybridized carbons (Fsp3) is 0.333. The van der Waals surface area contributed by atoms with Crippen LogP contribution in [-0.4, -0.2) is 37.7 Å². The van der Waals surface area contributed by atoms with Gasteiger partial charge < -0.3 is 9.72 Å². The lowest BCUT2D eigenvalue weighted by Gasteiger charge is -2.32. The Morgan fingerprint density at radius 3 is 2.84 bits per heavy atom. The number of piperidine rings is 1. The summed E-state index contributed by atoms with van der Waals surface area (Å²) in [6.45, 7) is 4.84. The van der Waals surface area contributed by atoms with Crippen LogP contribution in [0.15, 0.2) is 48.9 Å². The standard InChI is InChI=1S/C24H26FN5O/c1-16-22(24(29(2)28-16)31-19-4-3-9-26-13-19)15-30-10-7-17(8-11-30)21-14-27-23-12-18(25)5-6-20(21)23/h3-6,9,12-14,17,27H,7-8,10-11,15H2,1-2H3. The summed E-state index contributed by atoms with van der Waals surface area (Å²) < 4.78 is 21.4. The number of rotatable bonds is 5. The van der Waals surface area contributed by atoms with Crippen LogP contribution in [0.2, 0.25) is 0 Å². The largest absolute Gasteiger partial charge is 0.437 e. The van der Waals surface area contributed by atoms with Gasteiger partial charge in [-0.05, 0) is 74.7 Å². The summed E-state index contributed by atoms with van der Waals surface area (Å²) in [7, 11) is 1.91. The molecule has 1 aromatic carbocycles. The topological polar surface area (TPSA) is 59.0 Å². The maximum Gasteiger partial charge on any atom is 0.222 e. The predicted octanol–water partition coefficient (Wildman–Crippen LogP) is 4.92. The fourth-order valence-corrected chi connectivity index (χ4v) is 4.59. The molecule has 31 heavy (non-hydrogen) atoms. The number of likely N-dealkylation sites (tertiary alicyclic amines) is 1. The van der Waals surface area contributed by atoms with Gasteiger partial charge in [-0.25, -0.2) is 9.07 Å². The number of H-pyrrole nitrogens is 1. The molecule has 7 heteroatoms. The summed E-state index contributed by atoms with van der Waals surface area (Å²) in [5.74, 6) is 1.76. The van der Waals surface area contributed by atoms with Crippen LogP contribution in [0.4, 0.5) is 4.39 Å². The van der Waals surface area contributed by atoms with Gasteiger partial charge >= 0.3 is 0 Å². The Hall–Kier alpha value is -3.19. The number of aromatic amines is 1. The SMILES string of the molecule is Cc1nn(C)c(Oc2cccnc2)c1CN1CCC(c2c[nH]c3cc(F)ccc23)CC1. The van der Waals surface area contributed by atoms with Gasteiger partial charge in [-0.3, -0.25) is 9.88 Å². The molecule has 4 heterocycles. The Bertz CT molecular complexity index is 1190. The summed E-state index contributed by atoms with van der Waals surface area (Å²) in [6.07, 6.45) is 7.64. The molecule has 0 aliphatic carbocycles. The average Bonchev–Trinajstić information content (AvgIpc) is 3.30. The third-order valence-electron chi connectivity index (χ3n) is 6.22. The lowest BCUT2D eigenvalue weighted by molar-refractivity contribution is 0.203. The van der Waals surface area contributed by atoms with Crippen molar-refractivity contribution in [2.24, 2.45) is 7.05 Å². The maximum atomic E-state index is 13.5. The highest BCUT2D eigenvalue weighted by Crippen LogP contribution is 2.35. The van der Waals surface area contributed by atoms with Gasteiger partial charge in [-0.1, -0.05) is 0 Å². The van der Waals surface area contributed by atoms with Crippen molar-refractivity contribution in [3.05, 3.63) is 71.6 Å². The zero-order valence-electron chi connectivity index (χ0n) is 17.8. The van der Waals surface area contributed by atoms with Gasteiger partial charge in [0.25, 0.3) is 0 Å². The normalized spacial score (nSPS) is 15.6. The van der Waals surface area contributed by atoms with E-state index >= 15 is 0 Å². The van der Waals surface area contributed by atoms with E-state index < -0.39 is 0 Å². The minimum absolute atomic E-state index is 0.202. The van der Waals surface area contributed by atoms with Crippen LogP contribution in [0.3, 0.4) is 0 Å². The molecule has 0 saturated carbocycles. The van der Waals surface area contributed by atoms with E-state index in [-0.39, 0.29) is 5.82 Å². The molecule has 160 valence electrons. The van der Waals surface area contributed by atoms with E-state index in [2.05, 4.69) is 26.2 Å². The van der Waals surface area contributed by atoms with Crippen molar-refractivity contribution >= 4 is 10.9 Å². The fourth-order valence-electron chi connectivity index (χ4n) is 4.59. The van der Waals surface area contributed by atoms with E-state index in [0.717, 1.165) is 60.5 Å². The highest BCUT2D eigenvalue weighted by Gasteiger charge is 2.25. The maximum absolute atomic E-state index is 13.5. The van der Waals surface area contributed by atoms with Crippen LogP contribution in [0.25, 0.3) is 10.9 Å². The smallest absolute Gasteiger partial charge is 0.222 e. The molecule has 0 atom stereocenters. The average molecular weight is 420 g/mol. The first-order valence-corrected chi connectivity index (χ1v) is 10.7. The van der Waals surface area contributed by atoms with Gasteiger partial charge in [-0.2, -0.15) is 5.10 Å². The van der Waals surface area contributed by atoms with E-state index in [1.807, 2.05) is 32.2 Å². The number of nitrogens with zero attached hydrogens (tertiary/aromatic N) is 4. The van der Waals surface area contributed by atoms with E-state index in [4.69, 9.17) is 4.74 Å². The number of fused-ring (bicyclic) bond motifs is 1. The zero-order chi connectivity index (χ0) is 21.4. The van der Waals surface area contributed by atoms with Gasteiger partial charge in [0.1, 0.15) is 11.6 Å². The second-order valence-electron chi connectivity index (χ2n) is 8.27. The molecule has 4 aromatic rings. The Morgan fingerprint density at radius 2 is 2.06 bits per heavy atom. The van der Waals surface area contributed by atoms with Gasteiger partial charge in [0.15, 0.2) is 0 Å². The number of nitrogens with one attached hydrogen (secondary N) is 1. The van der Waals surface area contributed by atoms with Gasteiger partial charge in [0.2, 0.25) is 5.88 Å². The molecule has 0 unspecified atom stereocenters. The number of aromatic nitrogens is 4. The number of hydrogen-bond donors (Lipinski definition) is 1. The van der Waals surface area contributed by atoms with Crippen molar-refractivity contribution in [3.63, 3.8) is 0 Å². The first-order valence-electron chi connectivity index (χ1n) is 10.7. The molecule has 0 amide bonds. The Balaban J connectivity index is 1.29. The number of pyridine rings is 1. The Morgan fingerprint density at radius 1 is 1.23 bits per heavy atom. The Kier molecular flexibility index (Phi) is 5.19. The molecule has 1 saturated heterocycles. The van der Waals surface area contributed by atoms with Crippen molar-refractivity contribution < 1.29 is 9.13 Å². The molecule has 0 radical (unpaired) electrons. The highest BCUT2D eigenvalue weighted by molar-refractivity contribution is 5.83. The van der Waals surface area contributed by atoms with E-state index in [9.17, 15) is 4.39 Å². The zero-order valence-corrected chi connectivity index (χ0v) is 17.8. The van der Waals surface area contributed by atoms with Gasteiger partial charge in [0, 0.05) is 36.9 Å². The molecule has 1 aliphatic heterocycles. The van der Waals surface area contributed by atoms with Crippen LogP contribution in [0.1, 0.15) is 35.6 Å². The summed E-state index contributed by atoms with van der Waals surface area (Å²) in [5, 5.41) is 5.71. The van der Waals surface area contributed by atoms with Crippen molar-refractivity contribution in [3.8, 4) is 11.6 Å². The summed E-state index contributed by atoms with van der Waals surface area (Å²) in [6, 6.07) is 8.77. The summed E-state index contributed by atoms with van der Waals surface area (Å²) >= 11 is 0. The molecule has 5 rings (SSSR count). The molecule has 1 aliphatic rings.